The Balaban J connectivity index is 2.06. The van der Waals surface area contributed by atoms with Gasteiger partial charge in [-0.05, 0) is 12.5 Å². The van der Waals surface area contributed by atoms with E-state index < -0.39 is 41.9 Å². The Morgan fingerprint density at radius 3 is 2.55 bits per heavy atom. The third kappa shape index (κ3) is 4.16. The molecule has 2 heterocycles. The number of aryl methyl sites for hydroxylation is 1. The highest BCUT2D eigenvalue weighted by molar-refractivity contribution is 6.32. The predicted molar refractivity (Wildman–Crippen MR) is 90.1 cm³/mol. The van der Waals surface area contributed by atoms with E-state index in [1.807, 2.05) is 0 Å². The van der Waals surface area contributed by atoms with Crippen LogP contribution in [0.5, 0.6) is 5.75 Å². The standard InChI is InChI=1S/C16H11ClF7N5O2/c1-28-13(11(31-14(18)19)12(26-28)15(20,21)16(22,23)24)29-5-10(25-27-29)7-2-3-9(17)8(4-7)6-30/h2-3,5-7,14H,4H2,1H3. The first-order valence-corrected chi connectivity index (χ1v) is 8.66. The Morgan fingerprint density at radius 1 is 1.29 bits per heavy atom. The molecule has 0 amide bonds. The van der Waals surface area contributed by atoms with Crippen molar-refractivity contribution in [2.24, 2.45) is 7.05 Å². The zero-order valence-corrected chi connectivity index (χ0v) is 16.0. The highest BCUT2D eigenvalue weighted by atomic mass is 35.5. The van der Waals surface area contributed by atoms with E-state index in [9.17, 15) is 35.5 Å². The van der Waals surface area contributed by atoms with Crippen LogP contribution in [0.15, 0.2) is 29.0 Å². The van der Waals surface area contributed by atoms with E-state index in [2.05, 4.69) is 20.1 Å². The van der Waals surface area contributed by atoms with Crippen molar-refractivity contribution in [3.8, 4) is 11.6 Å². The van der Waals surface area contributed by atoms with Gasteiger partial charge < -0.3 is 4.74 Å². The molecule has 31 heavy (non-hydrogen) atoms. The monoisotopic (exact) mass is 473 g/mol. The summed E-state index contributed by atoms with van der Waals surface area (Å²) in [6.45, 7) is -3.72. The van der Waals surface area contributed by atoms with Gasteiger partial charge in [-0.3, -0.25) is 4.79 Å². The molecule has 7 nitrogen and oxygen atoms in total. The summed E-state index contributed by atoms with van der Waals surface area (Å²) in [7, 11) is 0.943. The summed E-state index contributed by atoms with van der Waals surface area (Å²) in [4.78, 5) is 11.1. The molecule has 1 unspecified atom stereocenters. The van der Waals surface area contributed by atoms with Crippen LogP contribution in [0.2, 0.25) is 0 Å². The largest absolute Gasteiger partial charge is 0.459 e. The first-order valence-electron chi connectivity index (χ1n) is 8.28. The third-order valence-corrected chi connectivity index (χ3v) is 4.68. The second kappa shape index (κ2) is 7.98. The number of carbonyl (C=O) groups excluding carboxylic acids is 1. The molecule has 0 fully saturated rings. The first-order chi connectivity index (χ1) is 14.4. The maximum atomic E-state index is 13.9. The number of aldehydes is 1. The molecule has 2 aromatic rings. The normalized spacial score (nSPS) is 17.5. The smallest absolute Gasteiger partial charge is 0.428 e. The van der Waals surface area contributed by atoms with E-state index in [-0.39, 0.29) is 22.7 Å². The summed E-state index contributed by atoms with van der Waals surface area (Å²) in [5.74, 6) is -8.36. The van der Waals surface area contributed by atoms with Crippen LogP contribution in [-0.4, -0.2) is 43.8 Å². The van der Waals surface area contributed by atoms with Crippen LogP contribution in [0.1, 0.15) is 23.7 Å². The Labute approximate surface area is 173 Å². The predicted octanol–water partition coefficient (Wildman–Crippen LogP) is 3.99. The first kappa shape index (κ1) is 22.8. The van der Waals surface area contributed by atoms with Gasteiger partial charge >= 0.3 is 18.7 Å². The number of hydrogen-bond acceptors (Lipinski definition) is 5. The van der Waals surface area contributed by atoms with Gasteiger partial charge in [0, 0.05) is 23.6 Å². The van der Waals surface area contributed by atoms with E-state index in [0.29, 0.717) is 15.6 Å². The van der Waals surface area contributed by atoms with Crippen molar-refractivity contribution in [2.75, 3.05) is 0 Å². The maximum Gasteiger partial charge on any atom is 0.459 e. The number of allylic oxidation sites excluding steroid dienone is 4. The Bertz CT molecular complexity index is 1060. The van der Waals surface area contributed by atoms with Gasteiger partial charge in [-0.15, -0.1) is 5.10 Å². The van der Waals surface area contributed by atoms with E-state index in [0.717, 1.165) is 13.2 Å². The number of alkyl halides is 7. The van der Waals surface area contributed by atoms with Crippen LogP contribution < -0.4 is 4.74 Å². The molecule has 0 N–H and O–H groups in total. The van der Waals surface area contributed by atoms with E-state index >= 15 is 0 Å². The van der Waals surface area contributed by atoms with Crippen molar-refractivity contribution in [2.45, 2.75) is 31.0 Å². The highest BCUT2D eigenvalue weighted by Gasteiger charge is 2.62. The minimum absolute atomic E-state index is 0.112. The van der Waals surface area contributed by atoms with E-state index in [1.54, 1.807) is 6.08 Å². The van der Waals surface area contributed by atoms with Crippen LogP contribution in [0, 0.1) is 0 Å². The Morgan fingerprint density at radius 2 is 1.97 bits per heavy atom. The van der Waals surface area contributed by atoms with Crippen LogP contribution in [0.3, 0.4) is 0 Å². The second-order valence-electron chi connectivity index (χ2n) is 6.32. The number of carbonyl (C=O) groups is 1. The molecule has 3 rings (SSSR count). The summed E-state index contributed by atoms with van der Waals surface area (Å²) in [6, 6.07) is 0. The number of halogens is 8. The topological polar surface area (TPSA) is 74.8 Å². The van der Waals surface area contributed by atoms with Gasteiger partial charge in [0.25, 0.3) is 0 Å². The summed E-state index contributed by atoms with van der Waals surface area (Å²) >= 11 is 5.87. The van der Waals surface area contributed by atoms with Crippen molar-refractivity contribution in [1.82, 2.24) is 24.8 Å². The molecule has 0 spiro atoms. The quantitative estimate of drug-likeness (QED) is 0.468. The second-order valence-corrected chi connectivity index (χ2v) is 6.73. The lowest BCUT2D eigenvalue weighted by molar-refractivity contribution is -0.291. The number of ether oxygens (including phenoxy) is 1. The molecule has 0 bridgehead atoms. The minimum atomic E-state index is -6.11. The Kier molecular flexibility index (Phi) is 5.86. The van der Waals surface area contributed by atoms with Crippen LogP contribution in [0.25, 0.3) is 5.82 Å². The van der Waals surface area contributed by atoms with Gasteiger partial charge in [0.15, 0.2) is 17.3 Å². The molecule has 0 aliphatic heterocycles. The molecule has 0 saturated heterocycles. The van der Waals surface area contributed by atoms with Crippen LogP contribution in [-0.2, 0) is 17.8 Å². The highest BCUT2D eigenvalue weighted by Crippen LogP contribution is 2.48. The lowest BCUT2D eigenvalue weighted by Gasteiger charge is -2.18. The summed E-state index contributed by atoms with van der Waals surface area (Å²) < 4.78 is 96.9. The third-order valence-electron chi connectivity index (χ3n) is 4.31. The average molecular weight is 474 g/mol. The number of hydrogen-bond donors (Lipinski definition) is 0. The van der Waals surface area contributed by atoms with Crippen LogP contribution >= 0.6 is 11.6 Å². The molecule has 0 saturated carbocycles. The maximum absolute atomic E-state index is 13.9. The summed E-state index contributed by atoms with van der Waals surface area (Å²) in [6.07, 6.45) is -1.38. The number of nitrogens with zero attached hydrogens (tertiary/aromatic N) is 5. The molecule has 1 atom stereocenters. The molecule has 15 heteroatoms. The van der Waals surface area contributed by atoms with Gasteiger partial charge in [0.05, 0.1) is 11.9 Å². The van der Waals surface area contributed by atoms with Gasteiger partial charge in [-0.25, -0.2) is 4.68 Å². The van der Waals surface area contributed by atoms with Crippen molar-refractivity contribution in [3.63, 3.8) is 0 Å². The fourth-order valence-electron chi connectivity index (χ4n) is 2.85. The van der Waals surface area contributed by atoms with E-state index in [1.165, 1.54) is 6.08 Å². The zero-order valence-electron chi connectivity index (χ0n) is 15.2. The average Bonchev–Trinajstić information content (AvgIpc) is 3.25. The molecule has 2 aromatic heterocycles. The van der Waals surface area contributed by atoms with Gasteiger partial charge in [-0.2, -0.15) is 40.5 Å². The number of aromatic nitrogens is 5. The van der Waals surface area contributed by atoms with Crippen molar-refractivity contribution >= 4 is 17.9 Å². The van der Waals surface area contributed by atoms with Crippen LogP contribution in [0.4, 0.5) is 30.7 Å². The van der Waals surface area contributed by atoms with Crippen molar-refractivity contribution in [3.05, 3.63) is 40.3 Å². The molecule has 1 aliphatic carbocycles. The lowest BCUT2D eigenvalue weighted by Crippen LogP contribution is -2.34. The fourth-order valence-corrected chi connectivity index (χ4v) is 3.05. The molecule has 168 valence electrons. The van der Waals surface area contributed by atoms with Crippen molar-refractivity contribution in [1.29, 1.82) is 0 Å². The molecular weight excluding hydrogens is 463 g/mol. The molecule has 1 aliphatic rings. The zero-order chi connectivity index (χ0) is 23.1. The van der Waals surface area contributed by atoms with Gasteiger partial charge in [0.1, 0.15) is 6.29 Å². The van der Waals surface area contributed by atoms with Gasteiger partial charge in [0.2, 0.25) is 0 Å². The Hall–Kier alpha value is -2.90. The molecule has 0 aromatic carbocycles. The number of rotatable bonds is 6. The van der Waals surface area contributed by atoms with Crippen molar-refractivity contribution < 1.29 is 40.3 Å². The van der Waals surface area contributed by atoms with E-state index in [4.69, 9.17) is 11.6 Å². The summed E-state index contributed by atoms with van der Waals surface area (Å²) in [5, 5.41) is 10.6. The molecule has 0 radical (unpaired) electrons. The summed E-state index contributed by atoms with van der Waals surface area (Å²) in [5.41, 5.74) is -1.64. The fraction of sp³-hybridized carbons (Fsp3) is 0.375. The minimum Gasteiger partial charge on any atom is -0.428 e. The SMILES string of the molecule is Cn1nc(C(F)(F)C(F)(F)F)c(OC(F)F)c1-n1cc(C2C=CC(Cl)=C(C=O)C2)nn1. The molecular formula is C16H11ClF7N5O2. The lowest BCUT2D eigenvalue weighted by atomic mass is 9.92. The van der Waals surface area contributed by atoms with Gasteiger partial charge in [-0.1, -0.05) is 22.9 Å².